The molecule has 0 bridgehead atoms. The van der Waals surface area contributed by atoms with Gasteiger partial charge in [0.1, 0.15) is 0 Å². The average molecular weight is 186 g/mol. The van der Waals surface area contributed by atoms with Crippen molar-refractivity contribution in [1.29, 1.82) is 0 Å². The number of carbonyl (C=O) groups excluding carboxylic acids is 1. The molecule has 0 aliphatic heterocycles. The standard InChI is InChI=1S/C7H6O2.Ca.Na.2H/c8-7(9)6-4-2-1-3-5-6;;;;/h1-5H,(H,8,9);;;;/q;;+1;;/p-1. The van der Waals surface area contributed by atoms with Crippen LogP contribution in [0.15, 0.2) is 30.3 Å². The van der Waals surface area contributed by atoms with Crippen molar-refractivity contribution in [1.82, 2.24) is 0 Å². The maximum Gasteiger partial charge on any atom is 1.00 e. The van der Waals surface area contributed by atoms with Crippen molar-refractivity contribution in [2.75, 3.05) is 0 Å². The third-order valence-corrected chi connectivity index (χ3v) is 1.01. The summed E-state index contributed by atoms with van der Waals surface area (Å²) in [6.45, 7) is 0. The Morgan fingerprint density at radius 2 is 1.64 bits per heavy atom. The van der Waals surface area contributed by atoms with Crippen molar-refractivity contribution in [2.24, 2.45) is 0 Å². The number of rotatable bonds is 1. The maximum atomic E-state index is 10.1. The first kappa shape index (κ1) is 14.5. The normalized spacial score (nSPS) is 7.27. The van der Waals surface area contributed by atoms with E-state index in [2.05, 4.69) is 0 Å². The Morgan fingerprint density at radius 1 is 1.18 bits per heavy atom. The molecule has 0 spiro atoms. The van der Waals surface area contributed by atoms with Crippen molar-refractivity contribution in [3.63, 3.8) is 0 Å². The van der Waals surface area contributed by atoms with Gasteiger partial charge in [-0.1, -0.05) is 30.3 Å². The number of carboxylic acids is 1. The number of carboxylic acid groups (broad SMARTS) is 1. The Labute approximate surface area is 117 Å². The minimum atomic E-state index is -1.13. The van der Waals surface area contributed by atoms with Gasteiger partial charge in [-0.25, -0.2) is 0 Å². The molecule has 50 valence electrons. The molecular formula is C7H7CaNaO2. The summed E-state index contributed by atoms with van der Waals surface area (Å²) in [5.41, 5.74) is 0.220. The van der Waals surface area contributed by atoms with Gasteiger partial charge in [-0.3, -0.25) is 0 Å². The average Bonchev–Trinajstić information content (AvgIpc) is 1.90. The van der Waals surface area contributed by atoms with Crippen LogP contribution in [0.5, 0.6) is 0 Å². The third-order valence-electron chi connectivity index (χ3n) is 1.01. The summed E-state index contributed by atoms with van der Waals surface area (Å²) in [4.78, 5) is 10.1. The molecule has 0 unspecified atom stereocenters. The van der Waals surface area contributed by atoms with Gasteiger partial charge in [0.2, 0.25) is 0 Å². The Hall–Kier alpha value is 0.950. The minimum absolute atomic E-state index is 0. The molecule has 4 heteroatoms. The largest absolute Gasteiger partial charge is 1.00 e. The van der Waals surface area contributed by atoms with E-state index >= 15 is 0 Å². The van der Waals surface area contributed by atoms with E-state index in [0.717, 1.165) is 0 Å². The second kappa shape index (κ2) is 7.59. The summed E-state index contributed by atoms with van der Waals surface area (Å²) in [5, 5.41) is 10.1. The smallest absolute Gasteiger partial charge is 1.00 e. The van der Waals surface area contributed by atoms with Crippen LogP contribution in [0, 0.1) is 0 Å². The number of carbonyl (C=O) groups is 1. The number of aromatic carboxylic acids is 1. The molecule has 11 heavy (non-hydrogen) atoms. The Bertz CT molecular complexity index is 213. The van der Waals surface area contributed by atoms with Crippen molar-refractivity contribution in [3.8, 4) is 0 Å². The van der Waals surface area contributed by atoms with Crippen LogP contribution in [0.4, 0.5) is 0 Å². The molecular weight excluding hydrogens is 179 g/mol. The molecule has 2 nitrogen and oxygen atoms in total. The van der Waals surface area contributed by atoms with Gasteiger partial charge >= 0.3 is 67.3 Å². The van der Waals surface area contributed by atoms with Crippen molar-refractivity contribution >= 4 is 43.7 Å². The predicted octanol–water partition coefficient (Wildman–Crippen LogP) is -3.86. The maximum absolute atomic E-state index is 10.1. The molecule has 0 fully saturated rings. The zero-order chi connectivity index (χ0) is 6.69. The SMILES string of the molecule is O=C([O-])c1ccccc1.[CaH2].[Na+]. The molecule has 0 amide bonds. The van der Waals surface area contributed by atoms with E-state index in [1.165, 1.54) is 12.1 Å². The molecule has 0 saturated heterocycles. The van der Waals surface area contributed by atoms with Crippen LogP contribution in [0.3, 0.4) is 0 Å². The molecule has 0 aromatic heterocycles. The number of hydrogen-bond acceptors (Lipinski definition) is 2. The van der Waals surface area contributed by atoms with E-state index in [4.69, 9.17) is 0 Å². The van der Waals surface area contributed by atoms with Crippen LogP contribution < -0.4 is 34.7 Å². The first-order valence-electron chi connectivity index (χ1n) is 2.57. The van der Waals surface area contributed by atoms with Gasteiger partial charge in [0, 0.05) is 0 Å². The molecule has 0 atom stereocenters. The quantitative estimate of drug-likeness (QED) is 0.421. The minimum Gasteiger partial charge on any atom is 1.00 e. The molecule has 1 aromatic carbocycles. The van der Waals surface area contributed by atoms with Crippen LogP contribution in [0.25, 0.3) is 0 Å². The predicted molar refractivity (Wildman–Crippen MR) is 39.3 cm³/mol. The molecule has 1 rings (SSSR count). The summed E-state index contributed by atoms with van der Waals surface area (Å²) >= 11 is 0. The van der Waals surface area contributed by atoms with Crippen LogP contribution >= 0.6 is 0 Å². The van der Waals surface area contributed by atoms with Gasteiger partial charge in [-0.05, 0) is 5.56 Å². The molecule has 0 N–H and O–H groups in total. The first-order chi connectivity index (χ1) is 4.30. The first-order valence-corrected chi connectivity index (χ1v) is 2.57. The molecule has 1 aromatic rings. The fourth-order valence-electron chi connectivity index (χ4n) is 0.574. The Morgan fingerprint density at radius 3 is 1.91 bits per heavy atom. The molecule has 0 aliphatic carbocycles. The zero-order valence-corrected chi connectivity index (χ0v) is 7.70. The fourth-order valence-corrected chi connectivity index (χ4v) is 0.574. The topological polar surface area (TPSA) is 40.1 Å². The summed E-state index contributed by atoms with van der Waals surface area (Å²) < 4.78 is 0. The van der Waals surface area contributed by atoms with Crippen LogP contribution in [-0.4, -0.2) is 43.7 Å². The molecule has 0 radical (unpaired) electrons. The van der Waals surface area contributed by atoms with Crippen LogP contribution in [0.1, 0.15) is 10.4 Å². The van der Waals surface area contributed by atoms with Crippen molar-refractivity contribution in [2.45, 2.75) is 0 Å². The van der Waals surface area contributed by atoms with Gasteiger partial charge in [0.25, 0.3) is 0 Å². The zero-order valence-electron chi connectivity index (χ0n) is 5.70. The van der Waals surface area contributed by atoms with E-state index in [-0.39, 0.29) is 72.9 Å². The van der Waals surface area contributed by atoms with E-state index in [1.807, 2.05) is 0 Å². The van der Waals surface area contributed by atoms with Gasteiger partial charge in [0.15, 0.2) is 0 Å². The monoisotopic (exact) mass is 186 g/mol. The van der Waals surface area contributed by atoms with Gasteiger partial charge in [0.05, 0.1) is 5.97 Å². The van der Waals surface area contributed by atoms with E-state index in [0.29, 0.717) is 0 Å². The Kier molecular flexibility index (Phi) is 9.99. The van der Waals surface area contributed by atoms with Gasteiger partial charge in [-0.15, -0.1) is 0 Å². The van der Waals surface area contributed by atoms with Crippen LogP contribution in [-0.2, 0) is 0 Å². The van der Waals surface area contributed by atoms with E-state index in [1.54, 1.807) is 18.2 Å². The fraction of sp³-hybridized carbons (Fsp3) is 0. The van der Waals surface area contributed by atoms with E-state index < -0.39 is 5.97 Å². The Balaban J connectivity index is 0. The third kappa shape index (κ3) is 5.23. The second-order valence-corrected chi connectivity index (χ2v) is 1.65. The second-order valence-electron chi connectivity index (χ2n) is 1.65. The van der Waals surface area contributed by atoms with Gasteiger partial charge in [-0.2, -0.15) is 0 Å². The number of benzene rings is 1. The summed E-state index contributed by atoms with van der Waals surface area (Å²) in [6.07, 6.45) is 0. The molecule has 0 aliphatic rings. The van der Waals surface area contributed by atoms with E-state index in [9.17, 15) is 9.90 Å². The molecule has 0 saturated carbocycles. The number of hydrogen-bond donors (Lipinski definition) is 0. The summed E-state index contributed by atoms with van der Waals surface area (Å²) in [5.74, 6) is -1.13. The molecule has 0 heterocycles. The van der Waals surface area contributed by atoms with Crippen molar-refractivity contribution in [3.05, 3.63) is 35.9 Å². The van der Waals surface area contributed by atoms with Crippen LogP contribution in [0.2, 0.25) is 0 Å². The summed E-state index contributed by atoms with van der Waals surface area (Å²) in [6, 6.07) is 8.06. The summed E-state index contributed by atoms with van der Waals surface area (Å²) in [7, 11) is 0. The van der Waals surface area contributed by atoms with Crippen molar-refractivity contribution < 1.29 is 39.5 Å². The van der Waals surface area contributed by atoms with Gasteiger partial charge < -0.3 is 9.90 Å².